The van der Waals surface area contributed by atoms with Gasteiger partial charge in [0.2, 0.25) is 0 Å². The minimum atomic E-state index is 0.467. The zero-order chi connectivity index (χ0) is 19.3. The Labute approximate surface area is 172 Å². The van der Waals surface area contributed by atoms with E-state index in [1.807, 2.05) is 53.3 Å². The second kappa shape index (κ2) is 8.25. The third-order valence-corrected chi connectivity index (χ3v) is 4.75. The van der Waals surface area contributed by atoms with E-state index >= 15 is 0 Å². The summed E-state index contributed by atoms with van der Waals surface area (Å²) in [7, 11) is 0. The lowest BCUT2D eigenvalue weighted by molar-refractivity contribution is 0.884. The molecule has 7 heteroatoms. The molecule has 4 aromatic rings. The summed E-state index contributed by atoms with van der Waals surface area (Å²) in [6.45, 7) is 0. The van der Waals surface area contributed by atoms with E-state index < -0.39 is 0 Å². The Morgan fingerprint density at radius 2 is 1.82 bits per heavy atom. The molecule has 2 heterocycles. The van der Waals surface area contributed by atoms with Crippen LogP contribution >= 0.6 is 23.2 Å². The van der Waals surface area contributed by atoms with Gasteiger partial charge in [-0.1, -0.05) is 41.4 Å². The molecule has 0 spiro atoms. The van der Waals surface area contributed by atoms with Crippen molar-refractivity contribution in [3.8, 4) is 16.9 Å². The Morgan fingerprint density at radius 1 is 0.964 bits per heavy atom. The van der Waals surface area contributed by atoms with Crippen LogP contribution in [0.4, 0.5) is 5.69 Å². The van der Waals surface area contributed by atoms with Crippen molar-refractivity contribution in [1.29, 1.82) is 0 Å². The highest BCUT2D eigenvalue weighted by molar-refractivity contribution is 6.42. The lowest BCUT2D eigenvalue weighted by Crippen LogP contribution is -1.94. The monoisotopic (exact) mass is 407 g/mol. The number of benzene rings is 2. The molecule has 0 saturated carbocycles. The molecule has 5 nitrogen and oxygen atoms in total. The molecular weight excluding hydrogens is 393 g/mol. The molecule has 2 aromatic carbocycles. The largest absolute Gasteiger partial charge is 0.278 e. The van der Waals surface area contributed by atoms with E-state index in [0.29, 0.717) is 10.0 Å². The number of hydrazone groups is 1. The summed E-state index contributed by atoms with van der Waals surface area (Å²) in [5.74, 6) is 0. The van der Waals surface area contributed by atoms with Gasteiger partial charge in [-0.3, -0.25) is 10.4 Å². The first-order valence-electron chi connectivity index (χ1n) is 8.50. The Kier molecular flexibility index (Phi) is 5.37. The van der Waals surface area contributed by atoms with Gasteiger partial charge in [-0.25, -0.2) is 4.68 Å². The van der Waals surface area contributed by atoms with Gasteiger partial charge in [-0.2, -0.15) is 10.2 Å². The van der Waals surface area contributed by atoms with Crippen LogP contribution in [0.1, 0.15) is 5.56 Å². The number of anilines is 1. The van der Waals surface area contributed by atoms with Crippen LogP contribution in [0.25, 0.3) is 16.9 Å². The molecule has 0 fully saturated rings. The minimum Gasteiger partial charge on any atom is -0.278 e. The predicted octanol–water partition coefficient (Wildman–Crippen LogP) is 5.69. The fourth-order valence-corrected chi connectivity index (χ4v) is 2.96. The number of aromatic nitrogens is 3. The molecule has 0 aliphatic rings. The summed E-state index contributed by atoms with van der Waals surface area (Å²) < 4.78 is 1.82. The van der Waals surface area contributed by atoms with Crippen LogP contribution in [0.15, 0.2) is 84.4 Å². The van der Waals surface area contributed by atoms with E-state index in [1.165, 1.54) is 0 Å². The maximum absolute atomic E-state index is 6.04. The number of rotatable bonds is 5. The van der Waals surface area contributed by atoms with Crippen LogP contribution in [0, 0.1) is 0 Å². The van der Waals surface area contributed by atoms with Crippen molar-refractivity contribution in [2.24, 2.45) is 5.10 Å². The number of hydrogen-bond acceptors (Lipinski definition) is 4. The van der Waals surface area contributed by atoms with Crippen molar-refractivity contribution < 1.29 is 0 Å². The lowest BCUT2D eigenvalue weighted by atomic mass is 10.1. The van der Waals surface area contributed by atoms with Crippen molar-refractivity contribution in [2.75, 3.05) is 5.43 Å². The quantitative estimate of drug-likeness (QED) is 0.341. The highest BCUT2D eigenvalue weighted by Gasteiger charge is 2.11. The van der Waals surface area contributed by atoms with E-state index in [4.69, 9.17) is 28.3 Å². The highest BCUT2D eigenvalue weighted by atomic mass is 35.5. The number of halogens is 2. The molecular formula is C21H15Cl2N5. The number of para-hydroxylation sites is 1. The molecule has 2 aromatic heterocycles. The summed E-state index contributed by atoms with van der Waals surface area (Å²) in [6.07, 6.45) is 7.16. The maximum atomic E-state index is 6.04. The van der Waals surface area contributed by atoms with Gasteiger partial charge in [-0.05, 0) is 42.5 Å². The lowest BCUT2D eigenvalue weighted by Gasteiger charge is -2.02. The molecule has 0 amide bonds. The van der Waals surface area contributed by atoms with Crippen LogP contribution in [-0.4, -0.2) is 21.0 Å². The van der Waals surface area contributed by atoms with Crippen molar-refractivity contribution in [1.82, 2.24) is 14.8 Å². The first-order chi connectivity index (χ1) is 13.7. The summed E-state index contributed by atoms with van der Waals surface area (Å²) in [5, 5.41) is 10.0. The van der Waals surface area contributed by atoms with Gasteiger partial charge in [0, 0.05) is 29.7 Å². The standard InChI is InChI=1S/C21H15Cl2N5/c22-19-9-8-17(11-20(19)23)26-25-13-16-14-28(18-6-2-1-3-7-18)27-21(16)15-5-4-10-24-12-15/h1-14,26H/b25-13-. The Balaban J connectivity index is 1.66. The average Bonchev–Trinajstić information content (AvgIpc) is 3.16. The van der Waals surface area contributed by atoms with Gasteiger partial charge >= 0.3 is 0 Å². The van der Waals surface area contributed by atoms with E-state index in [-0.39, 0.29) is 0 Å². The maximum Gasteiger partial charge on any atom is 0.103 e. The highest BCUT2D eigenvalue weighted by Crippen LogP contribution is 2.25. The van der Waals surface area contributed by atoms with Gasteiger partial charge in [0.05, 0.1) is 27.6 Å². The topological polar surface area (TPSA) is 55.1 Å². The number of nitrogens with zero attached hydrogens (tertiary/aromatic N) is 4. The number of nitrogens with one attached hydrogen (secondary N) is 1. The van der Waals surface area contributed by atoms with Gasteiger partial charge in [0.25, 0.3) is 0 Å². The van der Waals surface area contributed by atoms with Crippen molar-refractivity contribution in [3.63, 3.8) is 0 Å². The molecule has 4 rings (SSSR count). The molecule has 0 saturated heterocycles. The fourth-order valence-electron chi connectivity index (χ4n) is 2.66. The fraction of sp³-hybridized carbons (Fsp3) is 0. The Bertz CT molecular complexity index is 1110. The summed E-state index contributed by atoms with van der Waals surface area (Å²) in [6, 6.07) is 19.0. The number of pyridine rings is 1. The number of hydrogen-bond donors (Lipinski definition) is 1. The second-order valence-electron chi connectivity index (χ2n) is 5.95. The molecule has 0 aliphatic carbocycles. The van der Waals surface area contributed by atoms with E-state index in [2.05, 4.69) is 15.5 Å². The van der Waals surface area contributed by atoms with Crippen LogP contribution in [-0.2, 0) is 0 Å². The average molecular weight is 408 g/mol. The summed E-state index contributed by atoms with van der Waals surface area (Å²) >= 11 is 12.0. The third kappa shape index (κ3) is 4.06. The van der Waals surface area contributed by atoms with Crippen molar-refractivity contribution >= 4 is 35.1 Å². The van der Waals surface area contributed by atoms with E-state index in [1.54, 1.807) is 36.8 Å². The molecule has 0 aliphatic heterocycles. The smallest absolute Gasteiger partial charge is 0.103 e. The van der Waals surface area contributed by atoms with E-state index in [9.17, 15) is 0 Å². The second-order valence-corrected chi connectivity index (χ2v) is 6.77. The zero-order valence-corrected chi connectivity index (χ0v) is 16.1. The summed E-state index contributed by atoms with van der Waals surface area (Å²) in [4.78, 5) is 4.19. The van der Waals surface area contributed by atoms with Crippen molar-refractivity contribution in [3.05, 3.63) is 94.9 Å². The minimum absolute atomic E-state index is 0.467. The molecule has 138 valence electrons. The summed E-state index contributed by atoms with van der Waals surface area (Å²) in [5.41, 5.74) is 7.22. The normalized spacial score (nSPS) is 11.1. The first kappa shape index (κ1) is 18.2. The van der Waals surface area contributed by atoms with Gasteiger partial charge in [0.15, 0.2) is 0 Å². The van der Waals surface area contributed by atoms with Gasteiger partial charge < -0.3 is 0 Å². The van der Waals surface area contributed by atoms with Gasteiger partial charge in [-0.15, -0.1) is 0 Å². The Hall–Kier alpha value is -3.15. The SMILES string of the molecule is Clc1ccc(N/N=C\c2cn(-c3ccccc3)nc2-c2cccnc2)cc1Cl. The van der Waals surface area contributed by atoms with Crippen LogP contribution < -0.4 is 5.43 Å². The van der Waals surface area contributed by atoms with E-state index in [0.717, 1.165) is 28.2 Å². The van der Waals surface area contributed by atoms with Crippen LogP contribution in [0.3, 0.4) is 0 Å². The third-order valence-electron chi connectivity index (χ3n) is 4.02. The molecule has 0 atom stereocenters. The van der Waals surface area contributed by atoms with Crippen molar-refractivity contribution in [2.45, 2.75) is 0 Å². The molecule has 1 N–H and O–H groups in total. The zero-order valence-electron chi connectivity index (χ0n) is 14.6. The molecule has 28 heavy (non-hydrogen) atoms. The Morgan fingerprint density at radius 3 is 2.57 bits per heavy atom. The van der Waals surface area contributed by atoms with Crippen LogP contribution in [0.5, 0.6) is 0 Å². The molecule has 0 bridgehead atoms. The molecule has 0 unspecified atom stereocenters. The van der Waals surface area contributed by atoms with Crippen LogP contribution in [0.2, 0.25) is 10.0 Å². The van der Waals surface area contributed by atoms with Gasteiger partial charge in [0.1, 0.15) is 5.69 Å². The predicted molar refractivity (Wildman–Crippen MR) is 114 cm³/mol. The molecule has 0 radical (unpaired) electrons. The first-order valence-corrected chi connectivity index (χ1v) is 9.26.